The van der Waals surface area contributed by atoms with E-state index in [9.17, 15) is 9.59 Å². The first-order valence-electron chi connectivity index (χ1n) is 12.0. The molecule has 36 heavy (non-hydrogen) atoms. The van der Waals surface area contributed by atoms with Crippen LogP contribution in [0.3, 0.4) is 0 Å². The van der Waals surface area contributed by atoms with Crippen molar-refractivity contribution < 1.29 is 19.1 Å². The summed E-state index contributed by atoms with van der Waals surface area (Å²) in [4.78, 5) is 29.4. The van der Waals surface area contributed by atoms with Gasteiger partial charge < -0.3 is 9.47 Å². The lowest BCUT2D eigenvalue weighted by atomic mass is 9.87. The molecule has 0 saturated carbocycles. The average molecular weight is 476 g/mol. The van der Waals surface area contributed by atoms with Crippen molar-refractivity contribution in [2.75, 3.05) is 7.11 Å². The van der Waals surface area contributed by atoms with Gasteiger partial charge in [0.05, 0.1) is 7.11 Å². The Hall–Kier alpha value is -4.38. The second kappa shape index (κ2) is 9.00. The molecule has 1 saturated heterocycles. The van der Waals surface area contributed by atoms with Gasteiger partial charge in [0.1, 0.15) is 17.8 Å². The molecule has 2 aliphatic rings. The van der Waals surface area contributed by atoms with Crippen molar-refractivity contribution in [3.63, 3.8) is 0 Å². The molecule has 178 valence electrons. The molecule has 4 aromatic rings. The van der Waals surface area contributed by atoms with Crippen LogP contribution in [-0.4, -0.2) is 29.9 Å². The van der Waals surface area contributed by atoms with E-state index in [4.69, 9.17) is 9.47 Å². The Balaban J connectivity index is 1.53. The van der Waals surface area contributed by atoms with E-state index >= 15 is 0 Å². The molecule has 6 rings (SSSR count). The third-order valence-electron chi connectivity index (χ3n) is 7.20. The number of carbonyl (C=O) groups excluding carboxylic acids is 2. The minimum Gasteiger partial charge on any atom is -0.497 e. The summed E-state index contributed by atoms with van der Waals surface area (Å²) in [5, 5.41) is 0. The first kappa shape index (κ1) is 22.1. The minimum atomic E-state index is -0.749. The van der Waals surface area contributed by atoms with Crippen molar-refractivity contribution in [3.8, 4) is 5.75 Å². The van der Waals surface area contributed by atoms with E-state index in [2.05, 4.69) is 0 Å². The van der Waals surface area contributed by atoms with Crippen LogP contribution in [0.5, 0.6) is 5.75 Å². The van der Waals surface area contributed by atoms with Gasteiger partial charge in [-0.05, 0) is 34.4 Å². The van der Waals surface area contributed by atoms with Crippen LogP contribution in [0.25, 0.3) is 0 Å². The zero-order valence-electron chi connectivity index (χ0n) is 19.8. The maximum atomic E-state index is 14.1. The van der Waals surface area contributed by atoms with Gasteiger partial charge in [-0.15, -0.1) is 0 Å². The first-order valence-corrected chi connectivity index (χ1v) is 12.0. The summed E-state index contributed by atoms with van der Waals surface area (Å²) in [6.07, 6.45) is -1.03. The first-order chi connectivity index (χ1) is 17.7. The number of amides is 1. The Kier molecular flexibility index (Phi) is 5.53. The number of nitrogens with zero attached hydrogens (tertiary/aromatic N) is 1. The number of methoxy groups -OCH3 is 1. The lowest BCUT2D eigenvalue weighted by Crippen LogP contribution is -2.44. The lowest BCUT2D eigenvalue weighted by molar-refractivity contribution is 0.0830. The molecule has 0 radical (unpaired) electrons. The third kappa shape index (κ3) is 3.55. The highest BCUT2D eigenvalue weighted by atomic mass is 16.6. The summed E-state index contributed by atoms with van der Waals surface area (Å²) in [5.74, 6) is 0.178. The molecule has 5 heteroatoms. The van der Waals surface area contributed by atoms with Gasteiger partial charge in [-0.2, -0.15) is 0 Å². The number of benzene rings is 4. The summed E-state index contributed by atoms with van der Waals surface area (Å²) < 4.78 is 11.4. The predicted molar refractivity (Wildman–Crippen MR) is 136 cm³/mol. The van der Waals surface area contributed by atoms with Gasteiger partial charge in [0.15, 0.2) is 11.9 Å². The molecule has 1 fully saturated rings. The second-order valence-corrected chi connectivity index (χ2v) is 9.13. The highest BCUT2D eigenvalue weighted by Crippen LogP contribution is 2.50. The SMILES string of the molecule is COc1ccc2c(c1)C(=O)[C@H](N1C(=O)O[C@H](c3ccccc3)[C@@H]1c1ccccc1)[C@H]2c1ccccc1. The number of hydrogen-bond acceptors (Lipinski definition) is 4. The number of carbonyl (C=O) groups is 2. The van der Waals surface area contributed by atoms with Gasteiger partial charge in [-0.3, -0.25) is 9.69 Å². The molecule has 1 aliphatic heterocycles. The molecule has 0 spiro atoms. The highest BCUT2D eigenvalue weighted by Gasteiger charge is 2.54. The van der Waals surface area contributed by atoms with Crippen LogP contribution in [-0.2, 0) is 4.74 Å². The maximum absolute atomic E-state index is 14.1. The molecule has 1 aliphatic carbocycles. The van der Waals surface area contributed by atoms with E-state index in [1.165, 1.54) is 0 Å². The average Bonchev–Trinajstić information content (AvgIpc) is 3.43. The molecule has 0 N–H and O–H groups in total. The van der Waals surface area contributed by atoms with E-state index in [-0.39, 0.29) is 11.7 Å². The van der Waals surface area contributed by atoms with Gasteiger partial charge >= 0.3 is 6.09 Å². The van der Waals surface area contributed by atoms with Crippen LogP contribution >= 0.6 is 0 Å². The van der Waals surface area contributed by atoms with Gasteiger partial charge in [-0.1, -0.05) is 97.1 Å². The standard InChI is InChI=1S/C31H25NO4/c1-35-23-17-18-24-25(19-23)29(33)28(26(24)20-11-5-2-6-12-20)32-27(21-13-7-3-8-14-21)30(36-31(32)34)22-15-9-4-10-16-22/h2-19,26-28,30H,1H3/t26-,27-,28+,30+/m0/s1. The minimum absolute atomic E-state index is 0.107. The van der Waals surface area contributed by atoms with Crippen LogP contribution in [0.4, 0.5) is 4.79 Å². The smallest absolute Gasteiger partial charge is 0.411 e. The second-order valence-electron chi connectivity index (χ2n) is 9.13. The highest BCUT2D eigenvalue weighted by molar-refractivity contribution is 6.08. The molecule has 5 nitrogen and oxygen atoms in total. The number of hydrogen-bond donors (Lipinski definition) is 0. The van der Waals surface area contributed by atoms with Gasteiger partial charge in [0.2, 0.25) is 0 Å². The largest absolute Gasteiger partial charge is 0.497 e. The Morgan fingerprint density at radius 2 is 1.28 bits per heavy atom. The van der Waals surface area contributed by atoms with Gasteiger partial charge in [0.25, 0.3) is 0 Å². The zero-order chi connectivity index (χ0) is 24.6. The van der Waals surface area contributed by atoms with E-state index < -0.39 is 24.3 Å². The molecular formula is C31H25NO4. The summed E-state index contributed by atoms with van der Waals surface area (Å²) in [6, 6.07) is 33.8. The lowest BCUT2D eigenvalue weighted by Gasteiger charge is -2.33. The zero-order valence-corrected chi connectivity index (χ0v) is 19.8. The Morgan fingerprint density at radius 3 is 1.89 bits per heavy atom. The molecule has 0 unspecified atom stereocenters. The molecular weight excluding hydrogens is 450 g/mol. The molecule has 0 bridgehead atoms. The van der Waals surface area contributed by atoms with E-state index in [0.29, 0.717) is 11.3 Å². The maximum Gasteiger partial charge on any atom is 0.411 e. The van der Waals surface area contributed by atoms with Crippen molar-refractivity contribution in [2.45, 2.75) is 24.1 Å². The number of cyclic esters (lactones) is 1. The van der Waals surface area contributed by atoms with Crippen molar-refractivity contribution in [1.29, 1.82) is 0 Å². The summed E-state index contributed by atoms with van der Waals surface area (Å²) in [5.41, 5.74) is 4.26. The Bertz CT molecular complexity index is 1400. The predicted octanol–water partition coefficient (Wildman–Crippen LogP) is 6.33. The molecule has 1 heterocycles. The van der Waals surface area contributed by atoms with Crippen LogP contribution in [0.15, 0.2) is 109 Å². The number of rotatable bonds is 5. The number of fused-ring (bicyclic) bond motifs is 1. The third-order valence-corrected chi connectivity index (χ3v) is 7.20. The number of ether oxygens (including phenoxy) is 2. The molecule has 1 amide bonds. The quantitative estimate of drug-likeness (QED) is 0.339. The van der Waals surface area contributed by atoms with Crippen LogP contribution in [0.2, 0.25) is 0 Å². The number of Topliss-reactive ketones (excluding diaryl/α,β-unsaturated/α-hetero) is 1. The van der Waals surface area contributed by atoms with E-state index in [1.54, 1.807) is 18.1 Å². The topological polar surface area (TPSA) is 55.8 Å². The number of ketones is 1. The monoisotopic (exact) mass is 475 g/mol. The summed E-state index contributed by atoms with van der Waals surface area (Å²) in [7, 11) is 1.58. The fourth-order valence-electron chi connectivity index (χ4n) is 5.60. The van der Waals surface area contributed by atoms with Crippen LogP contribution in [0, 0.1) is 0 Å². The fourth-order valence-corrected chi connectivity index (χ4v) is 5.60. The van der Waals surface area contributed by atoms with Crippen molar-refractivity contribution in [3.05, 3.63) is 137 Å². The van der Waals surface area contributed by atoms with Crippen molar-refractivity contribution in [2.24, 2.45) is 0 Å². The van der Waals surface area contributed by atoms with Crippen molar-refractivity contribution in [1.82, 2.24) is 4.90 Å². The normalized spacial score (nSPS) is 22.9. The molecule has 4 aromatic carbocycles. The Morgan fingerprint density at radius 1 is 0.694 bits per heavy atom. The van der Waals surface area contributed by atoms with E-state index in [0.717, 1.165) is 22.3 Å². The molecule has 0 aromatic heterocycles. The Labute approximate surface area is 209 Å². The van der Waals surface area contributed by atoms with Crippen LogP contribution in [0.1, 0.15) is 50.7 Å². The summed E-state index contributed by atoms with van der Waals surface area (Å²) in [6.45, 7) is 0. The van der Waals surface area contributed by atoms with Gasteiger partial charge in [0, 0.05) is 11.5 Å². The molecule has 4 atom stereocenters. The van der Waals surface area contributed by atoms with E-state index in [1.807, 2.05) is 103 Å². The van der Waals surface area contributed by atoms with Crippen LogP contribution < -0.4 is 4.74 Å². The fraction of sp³-hybridized carbons (Fsp3) is 0.161. The summed E-state index contributed by atoms with van der Waals surface area (Å²) >= 11 is 0. The van der Waals surface area contributed by atoms with Crippen molar-refractivity contribution >= 4 is 11.9 Å². The van der Waals surface area contributed by atoms with Gasteiger partial charge in [-0.25, -0.2) is 4.79 Å².